The monoisotopic (exact) mass is 216 g/mol. The maximum Gasteiger partial charge on any atom is 0.126 e. The Hall–Kier alpha value is -0.600. The third-order valence-electron chi connectivity index (χ3n) is 2.34. The van der Waals surface area contributed by atoms with Crippen molar-refractivity contribution >= 4 is 11.6 Å². The number of halogens is 2. The fourth-order valence-electron chi connectivity index (χ4n) is 1.21. The molecule has 1 unspecified atom stereocenters. The first kappa shape index (κ1) is 11.5. The lowest BCUT2D eigenvalue weighted by atomic mass is 9.94. The van der Waals surface area contributed by atoms with Crippen LogP contribution in [0.4, 0.5) is 4.39 Å². The van der Waals surface area contributed by atoms with Gasteiger partial charge in [0, 0.05) is 11.4 Å². The molecule has 0 bridgehead atoms. The summed E-state index contributed by atoms with van der Waals surface area (Å²) in [7, 11) is 0. The molecule has 0 fully saturated rings. The molecule has 1 N–H and O–H groups in total. The SMILES string of the molecule is CCC(C)(O)Cc1cc(Cl)ccc1F. The molecule has 0 radical (unpaired) electrons. The zero-order chi connectivity index (χ0) is 10.8. The predicted octanol–water partition coefficient (Wildman–Crippen LogP) is 3.18. The van der Waals surface area contributed by atoms with Gasteiger partial charge in [-0.25, -0.2) is 4.39 Å². The molecule has 0 heterocycles. The van der Waals surface area contributed by atoms with E-state index in [1.807, 2.05) is 6.92 Å². The van der Waals surface area contributed by atoms with Crippen molar-refractivity contribution in [3.63, 3.8) is 0 Å². The Morgan fingerprint density at radius 1 is 1.50 bits per heavy atom. The van der Waals surface area contributed by atoms with Gasteiger partial charge in [0.15, 0.2) is 0 Å². The Morgan fingerprint density at radius 2 is 2.14 bits per heavy atom. The molecule has 0 aliphatic carbocycles. The van der Waals surface area contributed by atoms with Gasteiger partial charge in [-0.2, -0.15) is 0 Å². The van der Waals surface area contributed by atoms with Crippen LogP contribution < -0.4 is 0 Å². The summed E-state index contributed by atoms with van der Waals surface area (Å²) in [6.07, 6.45) is 0.870. The lowest BCUT2D eigenvalue weighted by Gasteiger charge is -2.21. The zero-order valence-electron chi connectivity index (χ0n) is 8.35. The van der Waals surface area contributed by atoms with E-state index < -0.39 is 5.60 Å². The molecule has 0 aliphatic rings. The Kier molecular flexibility index (Phi) is 3.51. The van der Waals surface area contributed by atoms with Crippen molar-refractivity contribution in [2.75, 3.05) is 0 Å². The van der Waals surface area contributed by atoms with E-state index >= 15 is 0 Å². The van der Waals surface area contributed by atoms with Crippen LogP contribution in [-0.2, 0) is 6.42 Å². The minimum atomic E-state index is -0.870. The van der Waals surface area contributed by atoms with E-state index in [1.165, 1.54) is 12.1 Å². The molecule has 1 nitrogen and oxygen atoms in total. The first-order valence-corrected chi connectivity index (χ1v) is 4.99. The second kappa shape index (κ2) is 4.28. The van der Waals surface area contributed by atoms with Gasteiger partial charge in [0.25, 0.3) is 0 Å². The molecule has 0 saturated heterocycles. The third-order valence-corrected chi connectivity index (χ3v) is 2.58. The van der Waals surface area contributed by atoms with Crippen molar-refractivity contribution < 1.29 is 9.50 Å². The summed E-state index contributed by atoms with van der Waals surface area (Å²) in [4.78, 5) is 0. The van der Waals surface area contributed by atoms with Crippen molar-refractivity contribution in [2.45, 2.75) is 32.3 Å². The van der Waals surface area contributed by atoms with Gasteiger partial charge in [0.05, 0.1) is 5.60 Å². The number of aliphatic hydroxyl groups is 1. The van der Waals surface area contributed by atoms with Crippen molar-refractivity contribution in [1.82, 2.24) is 0 Å². The lowest BCUT2D eigenvalue weighted by Crippen LogP contribution is -2.26. The highest BCUT2D eigenvalue weighted by Gasteiger charge is 2.20. The number of hydrogen-bond donors (Lipinski definition) is 1. The molecule has 1 aromatic rings. The van der Waals surface area contributed by atoms with Crippen molar-refractivity contribution in [3.05, 3.63) is 34.6 Å². The molecule has 0 aliphatic heterocycles. The highest BCUT2D eigenvalue weighted by atomic mass is 35.5. The zero-order valence-corrected chi connectivity index (χ0v) is 9.11. The molecule has 0 aromatic heterocycles. The van der Waals surface area contributed by atoms with E-state index in [2.05, 4.69) is 0 Å². The Bertz CT molecular complexity index is 323. The molecule has 14 heavy (non-hydrogen) atoms. The number of rotatable bonds is 3. The first-order valence-electron chi connectivity index (χ1n) is 4.61. The fraction of sp³-hybridized carbons (Fsp3) is 0.455. The Balaban J connectivity index is 2.91. The van der Waals surface area contributed by atoms with E-state index in [0.717, 1.165) is 0 Å². The van der Waals surface area contributed by atoms with E-state index in [9.17, 15) is 9.50 Å². The highest BCUT2D eigenvalue weighted by molar-refractivity contribution is 6.30. The van der Waals surface area contributed by atoms with Gasteiger partial charge in [-0.3, -0.25) is 0 Å². The molecule has 1 rings (SSSR count). The third kappa shape index (κ3) is 2.96. The average molecular weight is 217 g/mol. The summed E-state index contributed by atoms with van der Waals surface area (Å²) < 4.78 is 13.3. The van der Waals surface area contributed by atoms with E-state index in [4.69, 9.17) is 11.6 Å². The summed E-state index contributed by atoms with van der Waals surface area (Å²) in [6, 6.07) is 4.38. The van der Waals surface area contributed by atoms with Gasteiger partial charge in [0.1, 0.15) is 5.82 Å². The molecule has 0 saturated carbocycles. The molecule has 0 spiro atoms. The van der Waals surface area contributed by atoms with Gasteiger partial charge in [-0.15, -0.1) is 0 Å². The molecular formula is C11H14ClFO. The summed E-state index contributed by atoms with van der Waals surface area (Å²) in [6.45, 7) is 3.55. The van der Waals surface area contributed by atoms with E-state index in [0.29, 0.717) is 17.0 Å². The van der Waals surface area contributed by atoms with Crippen LogP contribution in [0.25, 0.3) is 0 Å². The molecule has 3 heteroatoms. The minimum Gasteiger partial charge on any atom is -0.390 e. The van der Waals surface area contributed by atoms with Crippen LogP contribution >= 0.6 is 11.6 Å². The standard InChI is InChI=1S/C11H14ClFO/c1-3-11(2,14)7-8-6-9(12)4-5-10(8)13/h4-6,14H,3,7H2,1-2H3. The summed E-state index contributed by atoms with van der Waals surface area (Å²) in [5, 5.41) is 10.3. The maximum atomic E-state index is 13.3. The van der Waals surface area contributed by atoms with Crippen molar-refractivity contribution in [2.24, 2.45) is 0 Å². The van der Waals surface area contributed by atoms with Crippen LogP contribution in [0.1, 0.15) is 25.8 Å². The Labute approximate surface area is 88.5 Å². The van der Waals surface area contributed by atoms with Crippen LogP contribution in [0, 0.1) is 5.82 Å². The molecule has 0 amide bonds. The van der Waals surface area contributed by atoms with E-state index in [1.54, 1.807) is 13.0 Å². The van der Waals surface area contributed by atoms with Gasteiger partial charge in [-0.05, 0) is 37.1 Å². The van der Waals surface area contributed by atoms with E-state index in [-0.39, 0.29) is 12.2 Å². The number of hydrogen-bond acceptors (Lipinski definition) is 1. The molecule has 78 valence electrons. The van der Waals surface area contributed by atoms with Crippen molar-refractivity contribution in [1.29, 1.82) is 0 Å². The Morgan fingerprint density at radius 3 is 2.71 bits per heavy atom. The fourth-order valence-corrected chi connectivity index (χ4v) is 1.41. The van der Waals surface area contributed by atoms with Crippen LogP contribution in [0.3, 0.4) is 0 Å². The van der Waals surface area contributed by atoms with Gasteiger partial charge < -0.3 is 5.11 Å². The van der Waals surface area contributed by atoms with Gasteiger partial charge >= 0.3 is 0 Å². The summed E-state index contributed by atoms with van der Waals surface area (Å²) in [5.74, 6) is -0.317. The second-order valence-electron chi connectivity index (χ2n) is 3.76. The van der Waals surface area contributed by atoms with Gasteiger partial charge in [-0.1, -0.05) is 18.5 Å². The van der Waals surface area contributed by atoms with Crippen molar-refractivity contribution in [3.8, 4) is 0 Å². The smallest absolute Gasteiger partial charge is 0.126 e. The second-order valence-corrected chi connectivity index (χ2v) is 4.20. The molecular weight excluding hydrogens is 203 g/mol. The highest BCUT2D eigenvalue weighted by Crippen LogP contribution is 2.21. The van der Waals surface area contributed by atoms with Crippen LogP contribution in [0.15, 0.2) is 18.2 Å². The summed E-state index contributed by atoms with van der Waals surface area (Å²) >= 11 is 5.74. The molecule has 1 atom stereocenters. The minimum absolute atomic E-state index is 0.288. The van der Waals surface area contributed by atoms with Crippen LogP contribution in [0.5, 0.6) is 0 Å². The average Bonchev–Trinajstić information content (AvgIpc) is 2.11. The normalized spacial score (nSPS) is 15.2. The van der Waals surface area contributed by atoms with Crippen LogP contribution in [-0.4, -0.2) is 10.7 Å². The largest absolute Gasteiger partial charge is 0.390 e. The summed E-state index contributed by atoms with van der Waals surface area (Å²) in [5.41, 5.74) is -0.407. The maximum absolute atomic E-state index is 13.3. The predicted molar refractivity (Wildman–Crippen MR) is 56.0 cm³/mol. The quantitative estimate of drug-likeness (QED) is 0.823. The van der Waals surface area contributed by atoms with Crippen LogP contribution in [0.2, 0.25) is 5.02 Å². The lowest BCUT2D eigenvalue weighted by molar-refractivity contribution is 0.0556. The molecule has 1 aromatic carbocycles. The number of benzene rings is 1. The van der Waals surface area contributed by atoms with Gasteiger partial charge in [0.2, 0.25) is 0 Å². The topological polar surface area (TPSA) is 20.2 Å². The first-order chi connectivity index (χ1) is 6.44.